The molecule has 1 atom stereocenters. The van der Waals surface area contributed by atoms with Crippen molar-refractivity contribution in [2.75, 3.05) is 7.11 Å². The van der Waals surface area contributed by atoms with Crippen molar-refractivity contribution in [2.45, 2.75) is 26.0 Å². The number of ether oxygens (including phenoxy) is 2. The van der Waals surface area contributed by atoms with Crippen LogP contribution in [0.25, 0.3) is 0 Å². The van der Waals surface area contributed by atoms with E-state index >= 15 is 0 Å². The van der Waals surface area contributed by atoms with Crippen LogP contribution >= 0.6 is 0 Å². The molecule has 0 heterocycles. The summed E-state index contributed by atoms with van der Waals surface area (Å²) in [6, 6.07) is 16.0. The van der Waals surface area contributed by atoms with Crippen LogP contribution in [-0.2, 0) is 6.61 Å². The maximum absolute atomic E-state index is 5.98. The van der Waals surface area contributed by atoms with Gasteiger partial charge in [0.2, 0.25) is 0 Å². The van der Waals surface area contributed by atoms with Crippen LogP contribution in [0.3, 0.4) is 0 Å². The van der Waals surface area contributed by atoms with Crippen LogP contribution in [-0.4, -0.2) is 7.11 Å². The molecule has 0 saturated carbocycles. The first kappa shape index (κ1) is 14.4. The second-order valence-electron chi connectivity index (χ2n) is 4.72. The van der Waals surface area contributed by atoms with Crippen molar-refractivity contribution >= 4 is 0 Å². The highest BCUT2D eigenvalue weighted by Gasteiger charge is 2.03. The maximum Gasteiger partial charge on any atom is 0.119 e. The molecule has 0 saturated heterocycles. The van der Waals surface area contributed by atoms with Gasteiger partial charge in [0.1, 0.15) is 18.1 Å². The fraction of sp³-hybridized carbons (Fsp3) is 0.294. The lowest BCUT2D eigenvalue weighted by Gasteiger charge is -2.11. The van der Waals surface area contributed by atoms with E-state index < -0.39 is 0 Å². The van der Waals surface area contributed by atoms with Gasteiger partial charge in [0.25, 0.3) is 0 Å². The highest BCUT2D eigenvalue weighted by molar-refractivity contribution is 5.30. The Morgan fingerprint density at radius 3 is 2.10 bits per heavy atom. The molecule has 0 fully saturated rings. The van der Waals surface area contributed by atoms with Crippen LogP contribution in [0.5, 0.6) is 11.5 Å². The minimum Gasteiger partial charge on any atom is -0.497 e. The molecule has 0 aromatic heterocycles. The Hall–Kier alpha value is -2.00. The number of hydrogen-bond donors (Lipinski definition) is 1. The smallest absolute Gasteiger partial charge is 0.119 e. The van der Waals surface area contributed by atoms with Gasteiger partial charge in [0, 0.05) is 6.04 Å². The van der Waals surface area contributed by atoms with Crippen molar-refractivity contribution in [3.63, 3.8) is 0 Å². The molecule has 2 rings (SSSR count). The standard InChI is InChI=1S/C17H21NO2/c1-3-17(18)14-6-10-16(11-7-14)20-12-13-4-8-15(19-2)9-5-13/h4-11,17H,3,12,18H2,1-2H3. The zero-order valence-corrected chi connectivity index (χ0v) is 12.0. The predicted molar refractivity (Wildman–Crippen MR) is 81.0 cm³/mol. The lowest BCUT2D eigenvalue weighted by molar-refractivity contribution is 0.306. The molecule has 2 N–H and O–H groups in total. The molecule has 3 nitrogen and oxygen atoms in total. The van der Waals surface area contributed by atoms with Gasteiger partial charge >= 0.3 is 0 Å². The summed E-state index contributed by atoms with van der Waals surface area (Å²) in [5.74, 6) is 1.71. The zero-order valence-electron chi connectivity index (χ0n) is 12.0. The molecule has 0 spiro atoms. The van der Waals surface area contributed by atoms with Gasteiger partial charge < -0.3 is 15.2 Å². The average Bonchev–Trinajstić information content (AvgIpc) is 2.53. The number of hydrogen-bond acceptors (Lipinski definition) is 3. The highest BCUT2D eigenvalue weighted by atomic mass is 16.5. The van der Waals surface area contributed by atoms with Crippen LogP contribution in [0, 0.1) is 0 Å². The first-order chi connectivity index (χ1) is 9.72. The van der Waals surface area contributed by atoms with E-state index in [1.54, 1.807) is 7.11 Å². The quantitative estimate of drug-likeness (QED) is 0.871. The molecule has 1 unspecified atom stereocenters. The summed E-state index contributed by atoms with van der Waals surface area (Å²) in [5, 5.41) is 0. The van der Waals surface area contributed by atoms with Gasteiger partial charge in [0.05, 0.1) is 7.11 Å². The Labute approximate surface area is 120 Å². The van der Waals surface area contributed by atoms with E-state index in [-0.39, 0.29) is 6.04 Å². The lowest BCUT2D eigenvalue weighted by atomic mass is 10.1. The second kappa shape index (κ2) is 6.96. The summed E-state index contributed by atoms with van der Waals surface area (Å²) in [7, 11) is 1.66. The molecule has 0 aliphatic heterocycles. The SMILES string of the molecule is CCC(N)c1ccc(OCc2ccc(OC)cc2)cc1. The Kier molecular flexibility index (Phi) is 5.02. The third kappa shape index (κ3) is 3.75. The van der Waals surface area contributed by atoms with E-state index in [0.29, 0.717) is 6.61 Å². The molecule has 0 amide bonds. The minimum absolute atomic E-state index is 0.102. The van der Waals surface area contributed by atoms with Crippen molar-refractivity contribution in [3.05, 3.63) is 59.7 Å². The largest absolute Gasteiger partial charge is 0.497 e. The molecule has 0 aliphatic carbocycles. The zero-order chi connectivity index (χ0) is 14.4. The second-order valence-corrected chi connectivity index (χ2v) is 4.72. The summed E-state index contributed by atoms with van der Waals surface area (Å²) < 4.78 is 10.9. The van der Waals surface area contributed by atoms with Crippen LogP contribution in [0.15, 0.2) is 48.5 Å². The fourth-order valence-corrected chi connectivity index (χ4v) is 1.94. The van der Waals surface area contributed by atoms with Crippen molar-refractivity contribution in [1.82, 2.24) is 0 Å². The third-order valence-corrected chi connectivity index (χ3v) is 3.31. The van der Waals surface area contributed by atoms with Gasteiger partial charge in [-0.25, -0.2) is 0 Å². The molecule has 3 heteroatoms. The van der Waals surface area contributed by atoms with Crippen molar-refractivity contribution in [2.24, 2.45) is 5.73 Å². The van der Waals surface area contributed by atoms with Gasteiger partial charge in [0.15, 0.2) is 0 Å². The molecule has 2 aromatic carbocycles. The van der Waals surface area contributed by atoms with Crippen LogP contribution in [0.1, 0.15) is 30.5 Å². The van der Waals surface area contributed by atoms with E-state index in [1.807, 2.05) is 48.5 Å². The van der Waals surface area contributed by atoms with Crippen molar-refractivity contribution in [1.29, 1.82) is 0 Å². The van der Waals surface area contributed by atoms with Gasteiger partial charge in [-0.3, -0.25) is 0 Å². The van der Waals surface area contributed by atoms with Crippen molar-refractivity contribution in [3.8, 4) is 11.5 Å². The van der Waals surface area contributed by atoms with Gasteiger partial charge in [-0.15, -0.1) is 0 Å². The average molecular weight is 271 g/mol. The molecular formula is C17H21NO2. The molecule has 0 aliphatic rings. The van der Waals surface area contributed by atoms with E-state index in [9.17, 15) is 0 Å². The molecule has 0 bridgehead atoms. The molecule has 106 valence electrons. The number of methoxy groups -OCH3 is 1. The third-order valence-electron chi connectivity index (χ3n) is 3.31. The Bertz CT molecular complexity index is 520. The number of nitrogens with two attached hydrogens (primary N) is 1. The van der Waals surface area contributed by atoms with Crippen LogP contribution in [0.4, 0.5) is 0 Å². The summed E-state index contributed by atoms with van der Waals surface area (Å²) in [6.45, 7) is 2.63. The van der Waals surface area contributed by atoms with Crippen molar-refractivity contribution < 1.29 is 9.47 Å². The highest BCUT2D eigenvalue weighted by Crippen LogP contribution is 2.19. The summed E-state index contributed by atoms with van der Waals surface area (Å²) >= 11 is 0. The maximum atomic E-state index is 5.98. The van der Waals surface area contributed by atoms with Gasteiger partial charge in [-0.1, -0.05) is 31.2 Å². The summed E-state index contributed by atoms with van der Waals surface area (Å²) in [4.78, 5) is 0. The first-order valence-electron chi connectivity index (χ1n) is 6.84. The lowest BCUT2D eigenvalue weighted by Crippen LogP contribution is -2.08. The Morgan fingerprint density at radius 1 is 0.950 bits per heavy atom. The Balaban J connectivity index is 1.93. The van der Waals surface area contributed by atoms with Crippen LogP contribution in [0.2, 0.25) is 0 Å². The van der Waals surface area contributed by atoms with Gasteiger partial charge in [-0.2, -0.15) is 0 Å². The molecule has 20 heavy (non-hydrogen) atoms. The minimum atomic E-state index is 0.102. The summed E-state index contributed by atoms with van der Waals surface area (Å²) in [5.41, 5.74) is 8.24. The normalized spacial score (nSPS) is 11.9. The van der Waals surface area contributed by atoms with E-state index in [0.717, 1.165) is 29.0 Å². The van der Waals surface area contributed by atoms with E-state index in [4.69, 9.17) is 15.2 Å². The monoisotopic (exact) mass is 271 g/mol. The first-order valence-corrected chi connectivity index (χ1v) is 6.84. The van der Waals surface area contributed by atoms with Crippen LogP contribution < -0.4 is 15.2 Å². The summed E-state index contributed by atoms with van der Waals surface area (Å²) in [6.07, 6.45) is 0.937. The number of benzene rings is 2. The fourth-order valence-electron chi connectivity index (χ4n) is 1.94. The molecule has 2 aromatic rings. The van der Waals surface area contributed by atoms with E-state index in [2.05, 4.69) is 6.92 Å². The number of rotatable bonds is 6. The molecular weight excluding hydrogens is 250 g/mol. The predicted octanol–water partition coefficient (Wildman–Crippen LogP) is 3.68. The van der Waals surface area contributed by atoms with E-state index in [1.165, 1.54) is 0 Å². The van der Waals surface area contributed by atoms with Gasteiger partial charge in [-0.05, 0) is 41.8 Å². The Morgan fingerprint density at radius 2 is 1.55 bits per heavy atom. The topological polar surface area (TPSA) is 44.5 Å². The molecule has 0 radical (unpaired) electrons.